The summed E-state index contributed by atoms with van der Waals surface area (Å²) in [5, 5.41) is 9.82. The van der Waals surface area contributed by atoms with Crippen molar-refractivity contribution in [1.82, 2.24) is 0 Å². The number of carbonyl (C=O) groups is 1. The molecule has 16 heavy (non-hydrogen) atoms. The van der Waals surface area contributed by atoms with Crippen molar-refractivity contribution in [2.75, 3.05) is 6.61 Å². The summed E-state index contributed by atoms with van der Waals surface area (Å²) in [5.41, 5.74) is -0.00469. The quantitative estimate of drug-likeness (QED) is 0.799. The molecule has 2 aliphatic rings. The van der Waals surface area contributed by atoms with Crippen LogP contribution in [0.2, 0.25) is 0 Å². The highest BCUT2D eigenvalue weighted by molar-refractivity contribution is 5.85. The second-order valence-corrected chi connectivity index (χ2v) is 5.67. The fourth-order valence-electron chi connectivity index (χ4n) is 2.76. The minimum atomic E-state index is -0.791. The molecule has 0 aromatic heterocycles. The van der Waals surface area contributed by atoms with E-state index in [0.717, 1.165) is 25.7 Å². The van der Waals surface area contributed by atoms with Crippen molar-refractivity contribution in [3.63, 3.8) is 0 Å². The van der Waals surface area contributed by atoms with Crippen LogP contribution in [0, 0.1) is 11.8 Å². The predicted molar refractivity (Wildman–Crippen MR) is 61.1 cm³/mol. The van der Waals surface area contributed by atoms with E-state index in [1.165, 1.54) is 6.42 Å². The number of Topliss-reactive ketones (excluding diaryl/α,β-unsaturated/α-hetero) is 1. The van der Waals surface area contributed by atoms with Gasteiger partial charge < -0.3 is 9.84 Å². The van der Waals surface area contributed by atoms with Crippen LogP contribution in [-0.2, 0) is 9.53 Å². The van der Waals surface area contributed by atoms with Crippen molar-refractivity contribution < 1.29 is 14.6 Å². The van der Waals surface area contributed by atoms with Gasteiger partial charge in [0.25, 0.3) is 0 Å². The summed E-state index contributed by atoms with van der Waals surface area (Å²) in [6, 6.07) is 0. The molecule has 3 nitrogen and oxygen atoms in total. The van der Waals surface area contributed by atoms with Crippen molar-refractivity contribution >= 4 is 5.78 Å². The number of aliphatic hydroxyl groups excluding tert-OH is 1. The second-order valence-electron chi connectivity index (χ2n) is 5.67. The molecule has 0 radical (unpaired) electrons. The second kappa shape index (κ2) is 4.46. The molecule has 1 heterocycles. The highest BCUT2D eigenvalue weighted by Crippen LogP contribution is 2.44. The fourth-order valence-corrected chi connectivity index (χ4v) is 2.76. The average molecular weight is 226 g/mol. The topological polar surface area (TPSA) is 46.5 Å². The lowest BCUT2D eigenvalue weighted by Crippen LogP contribution is -2.48. The summed E-state index contributed by atoms with van der Waals surface area (Å²) < 4.78 is 5.79. The molecule has 0 bridgehead atoms. The first-order valence-corrected chi connectivity index (χ1v) is 6.40. The van der Waals surface area contributed by atoms with Crippen LogP contribution >= 0.6 is 0 Å². The number of ether oxygens (including phenoxy) is 1. The van der Waals surface area contributed by atoms with Gasteiger partial charge >= 0.3 is 0 Å². The molecular formula is C13H22O3. The van der Waals surface area contributed by atoms with E-state index in [2.05, 4.69) is 0 Å². The zero-order chi connectivity index (χ0) is 11.8. The van der Waals surface area contributed by atoms with Crippen LogP contribution in [0.5, 0.6) is 0 Å². The molecule has 0 amide bonds. The molecule has 2 atom stereocenters. The molecule has 1 saturated carbocycles. The van der Waals surface area contributed by atoms with Crippen molar-refractivity contribution in [2.24, 2.45) is 11.8 Å². The van der Waals surface area contributed by atoms with Gasteiger partial charge in [-0.25, -0.2) is 0 Å². The maximum absolute atomic E-state index is 12.1. The van der Waals surface area contributed by atoms with E-state index < -0.39 is 6.10 Å². The molecule has 1 aliphatic heterocycles. The lowest BCUT2D eigenvalue weighted by atomic mass is 9.70. The lowest BCUT2D eigenvalue weighted by Gasteiger charge is -2.47. The van der Waals surface area contributed by atoms with Crippen LogP contribution in [0.25, 0.3) is 0 Å². The third-order valence-corrected chi connectivity index (χ3v) is 4.08. The van der Waals surface area contributed by atoms with E-state index >= 15 is 0 Å². The Labute approximate surface area is 97.2 Å². The SMILES string of the molecule is CC(C)C(O)C(=O)C1CCOC2(CCC2)C1. The Morgan fingerprint density at radius 3 is 2.62 bits per heavy atom. The van der Waals surface area contributed by atoms with Crippen LogP contribution in [0.1, 0.15) is 46.0 Å². The normalized spacial score (nSPS) is 30.1. The average Bonchev–Trinajstić information content (AvgIpc) is 2.25. The van der Waals surface area contributed by atoms with E-state index in [9.17, 15) is 9.90 Å². The number of ketones is 1. The molecule has 1 N–H and O–H groups in total. The predicted octanol–water partition coefficient (Wildman–Crippen LogP) is 1.92. The molecule has 1 spiro atoms. The zero-order valence-corrected chi connectivity index (χ0v) is 10.2. The van der Waals surface area contributed by atoms with E-state index in [0.29, 0.717) is 6.61 Å². The van der Waals surface area contributed by atoms with Gasteiger partial charge in [-0.3, -0.25) is 4.79 Å². The van der Waals surface area contributed by atoms with Gasteiger partial charge in [0.1, 0.15) is 6.10 Å². The van der Waals surface area contributed by atoms with Crippen molar-refractivity contribution in [1.29, 1.82) is 0 Å². The van der Waals surface area contributed by atoms with Gasteiger partial charge in [-0.05, 0) is 38.0 Å². The lowest BCUT2D eigenvalue weighted by molar-refractivity contribution is -0.161. The number of carbonyl (C=O) groups excluding carboxylic acids is 1. The molecule has 2 unspecified atom stereocenters. The monoisotopic (exact) mass is 226 g/mol. The number of rotatable bonds is 3. The van der Waals surface area contributed by atoms with Gasteiger partial charge in [0.15, 0.2) is 5.78 Å². The molecular weight excluding hydrogens is 204 g/mol. The maximum atomic E-state index is 12.1. The Balaban J connectivity index is 1.96. The Kier molecular flexibility index (Phi) is 3.36. The van der Waals surface area contributed by atoms with Crippen LogP contribution in [0.4, 0.5) is 0 Å². The summed E-state index contributed by atoms with van der Waals surface area (Å²) in [4.78, 5) is 12.1. The van der Waals surface area contributed by atoms with Gasteiger partial charge in [0, 0.05) is 12.5 Å². The Bertz CT molecular complexity index is 268. The van der Waals surface area contributed by atoms with Crippen LogP contribution < -0.4 is 0 Å². The maximum Gasteiger partial charge on any atom is 0.164 e. The molecule has 0 aromatic carbocycles. The first-order valence-electron chi connectivity index (χ1n) is 6.40. The van der Waals surface area contributed by atoms with E-state index in [4.69, 9.17) is 4.74 Å². The van der Waals surface area contributed by atoms with Gasteiger partial charge in [-0.1, -0.05) is 13.8 Å². The van der Waals surface area contributed by atoms with E-state index in [1.807, 2.05) is 13.8 Å². The number of hydrogen-bond donors (Lipinski definition) is 1. The molecule has 2 fully saturated rings. The van der Waals surface area contributed by atoms with Crippen LogP contribution in [-0.4, -0.2) is 29.2 Å². The molecule has 2 rings (SSSR count). The van der Waals surface area contributed by atoms with Crippen molar-refractivity contribution in [2.45, 2.75) is 57.7 Å². The summed E-state index contributed by atoms with van der Waals surface area (Å²) in [6.07, 6.45) is 4.22. The largest absolute Gasteiger partial charge is 0.385 e. The van der Waals surface area contributed by atoms with Gasteiger partial charge in [-0.15, -0.1) is 0 Å². The van der Waals surface area contributed by atoms with Crippen molar-refractivity contribution in [3.8, 4) is 0 Å². The Hall–Kier alpha value is -0.410. The van der Waals surface area contributed by atoms with Crippen LogP contribution in [0.15, 0.2) is 0 Å². The molecule has 1 aliphatic carbocycles. The molecule has 3 heteroatoms. The molecule has 1 saturated heterocycles. The molecule has 92 valence electrons. The standard InChI is InChI=1S/C13H22O3/c1-9(2)11(14)12(15)10-4-7-16-13(8-10)5-3-6-13/h9-11,14H,3-8H2,1-2H3. The summed E-state index contributed by atoms with van der Waals surface area (Å²) in [6.45, 7) is 4.46. The minimum absolute atomic E-state index is 0.00469. The fraction of sp³-hybridized carbons (Fsp3) is 0.923. The highest BCUT2D eigenvalue weighted by atomic mass is 16.5. The third kappa shape index (κ3) is 2.16. The van der Waals surface area contributed by atoms with Crippen molar-refractivity contribution in [3.05, 3.63) is 0 Å². The van der Waals surface area contributed by atoms with Gasteiger partial charge in [0.05, 0.1) is 5.60 Å². The van der Waals surface area contributed by atoms with Crippen LogP contribution in [0.3, 0.4) is 0 Å². The van der Waals surface area contributed by atoms with E-state index in [1.54, 1.807) is 0 Å². The first kappa shape index (κ1) is 12.1. The van der Waals surface area contributed by atoms with E-state index in [-0.39, 0.29) is 23.2 Å². The van der Waals surface area contributed by atoms with Gasteiger partial charge in [-0.2, -0.15) is 0 Å². The smallest absolute Gasteiger partial charge is 0.164 e. The Morgan fingerprint density at radius 1 is 1.44 bits per heavy atom. The number of hydrogen-bond acceptors (Lipinski definition) is 3. The molecule has 0 aromatic rings. The van der Waals surface area contributed by atoms with Gasteiger partial charge in [0.2, 0.25) is 0 Å². The first-order chi connectivity index (χ1) is 7.54. The summed E-state index contributed by atoms with van der Waals surface area (Å²) in [7, 11) is 0. The summed E-state index contributed by atoms with van der Waals surface area (Å²) >= 11 is 0. The third-order valence-electron chi connectivity index (χ3n) is 4.08. The summed E-state index contributed by atoms with van der Waals surface area (Å²) in [5.74, 6) is 0.0729. The highest BCUT2D eigenvalue weighted by Gasteiger charge is 2.45. The Morgan fingerprint density at radius 2 is 2.12 bits per heavy atom. The zero-order valence-electron chi connectivity index (χ0n) is 10.2. The minimum Gasteiger partial charge on any atom is -0.385 e. The number of aliphatic hydroxyl groups is 1.